The summed E-state index contributed by atoms with van der Waals surface area (Å²) in [7, 11) is -2.80. The summed E-state index contributed by atoms with van der Waals surface area (Å²) in [4.78, 5) is 0. The molecule has 2 unspecified atom stereocenters. The molecule has 0 amide bonds. The zero-order valence-electron chi connectivity index (χ0n) is 8.61. The van der Waals surface area contributed by atoms with Gasteiger partial charge in [0.25, 0.3) is 0 Å². The Morgan fingerprint density at radius 2 is 2.29 bits per heavy atom. The lowest BCUT2D eigenvalue weighted by atomic mass is 9.96. The Bertz CT molecular complexity index is 258. The van der Waals surface area contributed by atoms with Gasteiger partial charge in [0.15, 0.2) is 0 Å². The van der Waals surface area contributed by atoms with Crippen LogP contribution < -0.4 is 5.73 Å². The standard InChI is InChI=1S/C9H19NO2S2/c1-14(11,12)6-2-3-9(10)8-4-5-13-7-8/h8-9H,2-7,10H2,1H3. The lowest BCUT2D eigenvalue weighted by Crippen LogP contribution is -2.30. The van der Waals surface area contributed by atoms with Crippen molar-refractivity contribution in [3.63, 3.8) is 0 Å². The van der Waals surface area contributed by atoms with Crippen molar-refractivity contribution in [2.75, 3.05) is 23.5 Å². The van der Waals surface area contributed by atoms with Crippen LogP contribution in [0.15, 0.2) is 0 Å². The molecule has 0 saturated carbocycles. The van der Waals surface area contributed by atoms with Gasteiger partial charge in [-0.25, -0.2) is 8.42 Å². The van der Waals surface area contributed by atoms with Gasteiger partial charge in [-0.2, -0.15) is 11.8 Å². The SMILES string of the molecule is CS(=O)(=O)CCCC(N)C1CCSC1. The summed E-state index contributed by atoms with van der Waals surface area (Å²) in [5.74, 6) is 3.25. The van der Waals surface area contributed by atoms with Crippen molar-refractivity contribution >= 4 is 21.6 Å². The minimum absolute atomic E-state index is 0.201. The molecule has 0 aromatic heterocycles. The van der Waals surface area contributed by atoms with E-state index in [2.05, 4.69) is 0 Å². The van der Waals surface area contributed by atoms with E-state index in [1.54, 1.807) is 0 Å². The Labute approximate surface area is 90.7 Å². The van der Waals surface area contributed by atoms with Gasteiger partial charge in [-0.05, 0) is 36.7 Å². The molecule has 2 N–H and O–H groups in total. The van der Waals surface area contributed by atoms with Gasteiger partial charge < -0.3 is 5.73 Å². The van der Waals surface area contributed by atoms with E-state index in [4.69, 9.17) is 5.73 Å². The number of hydrogen-bond donors (Lipinski definition) is 1. The molecule has 84 valence electrons. The van der Waals surface area contributed by atoms with Crippen LogP contribution in [-0.4, -0.2) is 38.0 Å². The van der Waals surface area contributed by atoms with Crippen LogP contribution in [0.5, 0.6) is 0 Å². The van der Waals surface area contributed by atoms with Gasteiger partial charge in [0.1, 0.15) is 9.84 Å². The molecule has 0 bridgehead atoms. The van der Waals surface area contributed by atoms with E-state index in [-0.39, 0.29) is 11.8 Å². The van der Waals surface area contributed by atoms with E-state index in [1.165, 1.54) is 18.4 Å². The molecule has 0 aromatic rings. The molecule has 1 aliphatic heterocycles. The first-order valence-corrected chi connectivity index (χ1v) is 8.21. The number of hydrogen-bond acceptors (Lipinski definition) is 4. The predicted molar refractivity (Wildman–Crippen MR) is 62.4 cm³/mol. The highest BCUT2D eigenvalue weighted by molar-refractivity contribution is 7.99. The van der Waals surface area contributed by atoms with Crippen molar-refractivity contribution in [1.29, 1.82) is 0 Å². The predicted octanol–water partition coefficient (Wildman–Crippen LogP) is 0.892. The maximum Gasteiger partial charge on any atom is 0.147 e. The Morgan fingerprint density at radius 1 is 1.57 bits per heavy atom. The molecule has 0 spiro atoms. The van der Waals surface area contributed by atoms with Crippen molar-refractivity contribution in [2.24, 2.45) is 11.7 Å². The van der Waals surface area contributed by atoms with Gasteiger partial charge in [-0.3, -0.25) is 0 Å². The minimum atomic E-state index is -2.80. The Balaban J connectivity index is 2.17. The Kier molecular flexibility index (Phi) is 4.73. The summed E-state index contributed by atoms with van der Waals surface area (Å²) in [5, 5.41) is 0. The molecule has 14 heavy (non-hydrogen) atoms. The smallest absolute Gasteiger partial charge is 0.147 e. The fourth-order valence-electron chi connectivity index (χ4n) is 1.71. The molecule has 1 fully saturated rings. The van der Waals surface area contributed by atoms with Crippen LogP contribution in [0, 0.1) is 5.92 Å². The Morgan fingerprint density at radius 3 is 2.79 bits per heavy atom. The average molecular weight is 237 g/mol. The highest BCUT2D eigenvalue weighted by Gasteiger charge is 2.22. The molecular formula is C9H19NO2S2. The second-order valence-electron chi connectivity index (χ2n) is 4.06. The third-order valence-corrected chi connectivity index (χ3v) is 4.84. The third-order valence-electron chi connectivity index (χ3n) is 2.62. The second-order valence-corrected chi connectivity index (χ2v) is 7.47. The van der Waals surface area contributed by atoms with Crippen molar-refractivity contribution in [1.82, 2.24) is 0 Å². The van der Waals surface area contributed by atoms with Gasteiger partial charge in [0, 0.05) is 18.1 Å². The topological polar surface area (TPSA) is 60.2 Å². The van der Waals surface area contributed by atoms with Crippen LogP contribution in [0.4, 0.5) is 0 Å². The summed E-state index contributed by atoms with van der Waals surface area (Å²) in [6.07, 6.45) is 4.04. The first-order valence-electron chi connectivity index (χ1n) is 5.00. The van der Waals surface area contributed by atoms with Gasteiger partial charge in [0.2, 0.25) is 0 Å². The quantitative estimate of drug-likeness (QED) is 0.771. The highest BCUT2D eigenvalue weighted by Crippen LogP contribution is 2.26. The maximum absolute atomic E-state index is 10.9. The normalized spacial score (nSPS) is 25.1. The maximum atomic E-state index is 10.9. The molecule has 1 heterocycles. The fraction of sp³-hybridized carbons (Fsp3) is 1.00. The number of thioether (sulfide) groups is 1. The average Bonchev–Trinajstić information content (AvgIpc) is 2.53. The van der Waals surface area contributed by atoms with Crippen LogP contribution >= 0.6 is 11.8 Å². The molecule has 0 aliphatic carbocycles. The molecule has 0 radical (unpaired) electrons. The zero-order valence-corrected chi connectivity index (χ0v) is 10.2. The first-order chi connectivity index (χ1) is 6.49. The zero-order chi connectivity index (χ0) is 10.6. The molecule has 1 aliphatic rings. The molecule has 1 rings (SSSR count). The van der Waals surface area contributed by atoms with E-state index in [1.807, 2.05) is 11.8 Å². The summed E-state index contributed by atoms with van der Waals surface area (Å²) in [6, 6.07) is 0.201. The van der Waals surface area contributed by atoms with Crippen molar-refractivity contribution in [3.05, 3.63) is 0 Å². The monoisotopic (exact) mass is 237 g/mol. The van der Waals surface area contributed by atoms with E-state index in [0.29, 0.717) is 12.3 Å². The molecule has 0 aromatic carbocycles. The van der Waals surface area contributed by atoms with Crippen molar-refractivity contribution in [3.8, 4) is 0 Å². The van der Waals surface area contributed by atoms with Crippen LogP contribution in [0.3, 0.4) is 0 Å². The largest absolute Gasteiger partial charge is 0.327 e. The Hall–Kier alpha value is 0.260. The highest BCUT2D eigenvalue weighted by atomic mass is 32.2. The van der Waals surface area contributed by atoms with E-state index < -0.39 is 9.84 Å². The molecule has 1 saturated heterocycles. The van der Waals surface area contributed by atoms with Gasteiger partial charge in [-0.15, -0.1) is 0 Å². The summed E-state index contributed by atoms with van der Waals surface area (Å²) >= 11 is 1.95. The number of sulfone groups is 1. The second kappa shape index (κ2) is 5.37. The van der Waals surface area contributed by atoms with Crippen LogP contribution in [0.25, 0.3) is 0 Å². The van der Waals surface area contributed by atoms with Gasteiger partial charge >= 0.3 is 0 Å². The number of rotatable bonds is 5. The van der Waals surface area contributed by atoms with Crippen LogP contribution in [0.2, 0.25) is 0 Å². The summed E-state index contributed by atoms with van der Waals surface area (Å²) < 4.78 is 21.8. The fourth-order valence-corrected chi connectivity index (χ4v) is 3.75. The molecule has 3 nitrogen and oxygen atoms in total. The van der Waals surface area contributed by atoms with Crippen molar-refractivity contribution < 1.29 is 8.42 Å². The van der Waals surface area contributed by atoms with Crippen molar-refractivity contribution in [2.45, 2.75) is 25.3 Å². The van der Waals surface area contributed by atoms with Gasteiger partial charge in [0.05, 0.1) is 0 Å². The lowest BCUT2D eigenvalue weighted by Gasteiger charge is -2.17. The lowest BCUT2D eigenvalue weighted by molar-refractivity contribution is 0.436. The van der Waals surface area contributed by atoms with Crippen LogP contribution in [-0.2, 0) is 9.84 Å². The summed E-state index contributed by atoms with van der Waals surface area (Å²) in [5.41, 5.74) is 6.00. The van der Waals surface area contributed by atoms with E-state index >= 15 is 0 Å². The molecule has 2 atom stereocenters. The van der Waals surface area contributed by atoms with Gasteiger partial charge in [-0.1, -0.05) is 0 Å². The van der Waals surface area contributed by atoms with E-state index in [0.717, 1.165) is 12.2 Å². The number of nitrogens with two attached hydrogens (primary N) is 1. The third kappa shape index (κ3) is 4.66. The van der Waals surface area contributed by atoms with E-state index in [9.17, 15) is 8.42 Å². The minimum Gasteiger partial charge on any atom is -0.327 e. The first kappa shape index (κ1) is 12.3. The summed E-state index contributed by atoms with van der Waals surface area (Å²) in [6.45, 7) is 0. The van der Waals surface area contributed by atoms with Crippen LogP contribution in [0.1, 0.15) is 19.3 Å². The molecular weight excluding hydrogens is 218 g/mol. The molecule has 5 heteroatoms.